The van der Waals surface area contributed by atoms with E-state index in [0.29, 0.717) is 10.6 Å². The van der Waals surface area contributed by atoms with Gasteiger partial charge in [-0.2, -0.15) is 0 Å². The summed E-state index contributed by atoms with van der Waals surface area (Å²) in [5.74, 6) is -1.90. The van der Waals surface area contributed by atoms with Crippen LogP contribution >= 0.6 is 11.6 Å². The molecule has 1 aliphatic carbocycles. The van der Waals surface area contributed by atoms with Crippen molar-refractivity contribution in [3.05, 3.63) is 34.9 Å². The Kier molecular flexibility index (Phi) is 4.33. The van der Waals surface area contributed by atoms with Crippen LogP contribution < -0.4 is 0 Å². The number of rotatable bonds is 6. The van der Waals surface area contributed by atoms with Gasteiger partial charge < -0.3 is 9.84 Å². The maximum atomic E-state index is 12.3. The lowest BCUT2D eigenvalue weighted by atomic mass is 10.00. The van der Waals surface area contributed by atoms with Crippen molar-refractivity contribution < 1.29 is 23.1 Å². The summed E-state index contributed by atoms with van der Waals surface area (Å²) in [6.45, 7) is 1.37. The molecule has 116 valence electrons. The van der Waals surface area contributed by atoms with Gasteiger partial charge in [-0.3, -0.25) is 4.79 Å². The molecule has 21 heavy (non-hydrogen) atoms. The third-order valence-electron chi connectivity index (χ3n) is 4.03. The molecule has 7 heteroatoms. The second-order valence-corrected chi connectivity index (χ2v) is 8.03. The van der Waals surface area contributed by atoms with Gasteiger partial charge in [-0.25, -0.2) is 8.42 Å². The van der Waals surface area contributed by atoms with Gasteiger partial charge in [-0.1, -0.05) is 30.7 Å². The molecule has 0 amide bonds. The van der Waals surface area contributed by atoms with E-state index in [1.807, 2.05) is 0 Å². The van der Waals surface area contributed by atoms with Crippen LogP contribution in [0, 0.1) is 5.41 Å². The van der Waals surface area contributed by atoms with Crippen molar-refractivity contribution in [1.29, 1.82) is 0 Å². The van der Waals surface area contributed by atoms with Crippen LogP contribution in [0.25, 0.3) is 0 Å². The van der Waals surface area contributed by atoms with Gasteiger partial charge in [0.2, 0.25) is 0 Å². The lowest BCUT2D eigenvalue weighted by Crippen LogP contribution is -2.29. The predicted molar refractivity (Wildman–Crippen MR) is 79.4 cm³/mol. The summed E-state index contributed by atoms with van der Waals surface area (Å²) in [4.78, 5) is 11.7. The largest absolute Gasteiger partial charge is 0.481 e. The Morgan fingerprint density at radius 1 is 1.48 bits per heavy atom. The molecular weight excluding hydrogens is 316 g/mol. The van der Waals surface area contributed by atoms with Crippen molar-refractivity contribution in [1.82, 2.24) is 0 Å². The molecule has 0 unspecified atom stereocenters. The molecule has 0 spiro atoms. The highest BCUT2D eigenvalue weighted by Crippen LogP contribution is 2.63. The zero-order valence-corrected chi connectivity index (χ0v) is 13.3. The molecule has 0 heterocycles. The Balaban J connectivity index is 2.54. The highest BCUT2D eigenvalue weighted by Gasteiger charge is 2.75. The van der Waals surface area contributed by atoms with E-state index in [1.54, 1.807) is 24.3 Å². The lowest BCUT2D eigenvalue weighted by molar-refractivity contribution is -0.145. The van der Waals surface area contributed by atoms with Crippen molar-refractivity contribution in [2.24, 2.45) is 5.41 Å². The number of benzene rings is 1. The minimum Gasteiger partial charge on any atom is -0.481 e. The average Bonchev–Trinajstić information content (AvgIpc) is 3.10. The van der Waals surface area contributed by atoms with Gasteiger partial charge in [0.15, 0.2) is 9.84 Å². The molecule has 1 aromatic rings. The molecule has 2 rings (SSSR count). The van der Waals surface area contributed by atoms with Crippen LogP contribution in [0.1, 0.15) is 18.4 Å². The molecule has 3 atom stereocenters. The third-order valence-corrected chi connectivity index (χ3v) is 6.54. The number of carbonyl (C=O) groups is 1. The maximum Gasteiger partial charge on any atom is 0.314 e. The van der Waals surface area contributed by atoms with Crippen LogP contribution in [-0.4, -0.2) is 44.2 Å². The quantitative estimate of drug-likeness (QED) is 0.861. The minimum absolute atomic E-state index is 0.104. The molecule has 1 fully saturated rings. The van der Waals surface area contributed by atoms with Gasteiger partial charge in [0.25, 0.3) is 0 Å². The summed E-state index contributed by atoms with van der Waals surface area (Å²) < 4.78 is 29.6. The number of ether oxygens (including phenoxy) is 1. The number of sulfone groups is 1. The lowest BCUT2D eigenvalue weighted by Gasteiger charge is -2.11. The van der Waals surface area contributed by atoms with E-state index in [4.69, 9.17) is 16.3 Å². The fourth-order valence-corrected chi connectivity index (χ4v) is 5.26. The first-order valence-corrected chi connectivity index (χ1v) is 8.60. The van der Waals surface area contributed by atoms with Gasteiger partial charge in [-0.15, -0.1) is 0 Å². The first-order valence-electron chi connectivity index (χ1n) is 6.50. The normalized spacial score (nSPS) is 28.3. The van der Waals surface area contributed by atoms with Crippen LogP contribution in [-0.2, 0) is 19.4 Å². The molecule has 0 radical (unpaired) electrons. The van der Waals surface area contributed by atoms with Crippen LogP contribution in [0.2, 0.25) is 5.02 Å². The summed E-state index contributed by atoms with van der Waals surface area (Å²) >= 11 is 5.93. The first kappa shape index (κ1) is 16.3. The van der Waals surface area contributed by atoms with Crippen molar-refractivity contribution in [3.63, 3.8) is 0 Å². The van der Waals surface area contributed by atoms with Gasteiger partial charge in [0.1, 0.15) is 5.41 Å². The van der Waals surface area contributed by atoms with E-state index in [2.05, 4.69) is 0 Å². The molecule has 1 aromatic carbocycles. The summed E-state index contributed by atoms with van der Waals surface area (Å²) in [7, 11) is -2.15. The third kappa shape index (κ3) is 2.56. The van der Waals surface area contributed by atoms with Gasteiger partial charge in [0, 0.05) is 23.8 Å². The smallest absolute Gasteiger partial charge is 0.314 e. The molecule has 0 saturated heterocycles. The van der Waals surface area contributed by atoms with Crippen molar-refractivity contribution in [2.45, 2.75) is 18.1 Å². The number of methoxy groups -OCH3 is 1. The maximum absolute atomic E-state index is 12.3. The van der Waals surface area contributed by atoms with Crippen molar-refractivity contribution >= 4 is 27.4 Å². The molecule has 1 aliphatic rings. The molecule has 0 aliphatic heterocycles. The highest BCUT2D eigenvalue weighted by atomic mass is 35.5. The molecule has 1 saturated carbocycles. The zero-order valence-electron chi connectivity index (χ0n) is 11.7. The molecule has 0 bridgehead atoms. The fraction of sp³-hybridized carbons (Fsp3) is 0.500. The Morgan fingerprint density at radius 2 is 2.14 bits per heavy atom. The van der Waals surface area contributed by atoms with E-state index in [1.165, 1.54) is 14.0 Å². The summed E-state index contributed by atoms with van der Waals surface area (Å²) in [6, 6.07) is 6.67. The van der Waals surface area contributed by atoms with E-state index in [0.717, 1.165) is 0 Å². The van der Waals surface area contributed by atoms with E-state index in [-0.39, 0.29) is 12.4 Å². The SMILES string of the molecule is CCS(=O)(=O)[C@@H]1[C@H](c2cccc(Cl)c2)[C@@]1(COC)C(=O)O. The summed E-state index contributed by atoms with van der Waals surface area (Å²) in [5, 5.41) is 9.06. The van der Waals surface area contributed by atoms with Crippen LogP contribution in [0.3, 0.4) is 0 Å². The molecular formula is C14H17ClO5S. The fourth-order valence-electron chi connectivity index (χ4n) is 3.01. The average molecular weight is 333 g/mol. The Hall–Kier alpha value is -1.11. The van der Waals surface area contributed by atoms with Crippen molar-refractivity contribution in [2.75, 3.05) is 19.5 Å². The standard InChI is InChI=1S/C14H17ClO5S/c1-3-21(18,19)12-11(9-5-4-6-10(15)7-9)14(12,8-20-2)13(16)17/h4-7,11-12H,3,8H2,1-2H3,(H,16,17)/t11-,12+,14+/m0/s1. The number of carboxylic acid groups (broad SMARTS) is 1. The Morgan fingerprint density at radius 3 is 2.62 bits per heavy atom. The topological polar surface area (TPSA) is 80.7 Å². The highest BCUT2D eigenvalue weighted by molar-refractivity contribution is 7.92. The van der Waals surface area contributed by atoms with Crippen molar-refractivity contribution in [3.8, 4) is 0 Å². The summed E-state index contributed by atoms with van der Waals surface area (Å²) in [5.41, 5.74) is -0.821. The molecule has 5 nitrogen and oxygen atoms in total. The zero-order chi connectivity index (χ0) is 15.8. The summed E-state index contributed by atoms with van der Waals surface area (Å²) in [6.07, 6.45) is 0. The Bertz CT molecular complexity index is 657. The first-order chi connectivity index (χ1) is 9.81. The number of aliphatic carboxylic acids is 1. The van der Waals surface area contributed by atoms with Crippen LogP contribution in [0.15, 0.2) is 24.3 Å². The Labute approximate surface area is 128 Å². The van der Waals surface area contributed by atoms with E-state index >= 15 is 0 Å². The molecule has 1 N–H and O–H groups in total. The van der Waals surface area contributed by atoms with E-state index < -0.39 is 32.4 Å². The number of hydrogen-bond acceptors (Lipinski definition) is 4. The minimum atomic E-state index is -3.51. The number of carboxylic acids is 1. The van der Waals surface area contributed by atoms with Gasteiger partial charge in [-0.05, 0) is 17.7 Å². The predicted octanol–water partition coefficient (Wildman–Crippen LogP) is 1.96. The van der Waals surface area contributed by atoms with Gasteiger partial charge >= 0.3 is 5.97 Å². The second kappa shape index (κ2) is 5.59. The number of halogens is 1. The monoisotopic (exact) mass is 332 g/mol. The van der Waals surface area contributed by atoms with Gasteiger partial charge in [0.05, 0.1) is 11.9 Å². The van der Waals surface area contributed by atoms with Crippen LogP contribution in [0.4, 0.5) is 0 Å². The second-order valence-electron chi connectivity index (χ2n) is 5.18. The van der Waals surface area contributed by atoms with E-state index in [9.17, 15) is 18.3 Å². The van der Waals surface area contributed by atoms with Crippen LogP contribution in [0.5, 0.6) is 0 Å². The number of hydrogen-bond donors (Lipinski definition) is 1. The molecule has 0 aromatic heterocycles.